The molecule has 0 bridgehead atoms. The van der Waals surface area contributed by atoms with Crippen LogP contribution in [0.5, 0.6) is 11.5 Å². The second kappa shape index (κ2) is 8.61. The van der Waals surface area contributed by atoms with Gasteiger partial charge >= 0.3 is 0 Å². The summed E-state index contributed by atoms with van der Waals surface area (Å²) in [6.45, 7) is 4.91. The third-order valence-electron chi connectivity index (χ3n) is 6.25. The number of ether oxygens (including phenoxy) is 2. The minimum absolute atomic E-state index is 0.0827. The highest BCUT2D eigenvalue weighted by molar-refractivity contribution is 5.96. The Balaban J connectivity index is 1.41. The Kier molecular flexibility index (Phi) is 5.53. The molecule has 0 radical (unpaired) electrons. The topological polar surface area (TPSA) is 56.6 Å². The van der Waals surface area contributed by atoms with Crippen LogP contribution >= 0.6 is 0 Å². The number of hydrogen-bond acceptors (Lipinski definition) is 4. The van der Waals surface area contributed by atoms with Crippen LogP contribution in [0.4, 0.5) is 5.69 Å². The largest absolute Gasteiger partial charge is 0.486 e. The molecule has 1 saturated heterocycles. The van der Waals surface area contributed by atoms with E-state index in [0.29, 0.717) is 31.9 Å². The number of aryl methyl sites for hydroxylation is 1. The van der Waals surface area contributed by atoms with Crippen LogP contribution in [0.1, 0.15) is 50.8 Å². The van der Waals surface area contributed by atoms with E-state index in [-0.39, 0.29) is 11.8 Å². The number of nitrogens with zero attached hydrogens (tertiary/aromatic N) is 3. The molecule has 1 unspecified atom stereocenters. The Morgan fingerprint density at radius 2 is 1.87 bits per heavy atom. The van der Waals surface area contributed by atoms with E-state index in [1.165, 1.54) is 24.8 Å². The normalized spacial score (nSPS) is 18.2. The number of unbranched alkanes of at least 4 members (excludes halogenated alkanes) is 3. The highest BCUT2D eigenvalue weighted by atomic mass is 16.6. The molecule has 1 fully saturated rings. The molecule has 6 heteroatoms. The minimum Gasteiger partial charge on any atom is -0.486 e. The molecule has 3 aromatic rings. The number of carbonyl (C=O) groups excluding carboxylic acids is 1. The predicted molar refractivity (Wildman–Crippen MR) is 121 cm³/mol. The SMILES string of the molecule is CCCCCCn1c(C2CC(=O)N(c3ccc4c(c3)OCCO4)C2)nc2ccccc21. The summed E-state index contributed by atoms with van der Waals surface area (Å²) < 4.78 is 13.7. The number of hydrogen-bond donors (Lipinski definition) is 0. The summed E-state index contributed by atoms with van der Waals surface area (Å²) in [5, 5.41) is 0. The maximum atomic E-state index is 13.0. The second-order valence-corrected chi connectivity index (χ2v) is 8.40. The van der Waals surface area contributed by atoms with Crippen molar-refractivity contribution in [2.45, 2.75) is 51.5 Å². The first-order valence-corrected chi connectivity index (χ1v) is 11.4. The molecule has 0 spiro atoms. The third kappa shape index (κ3) is 3.87. The van der Waals surface area contributed by atoms with Gasteiger partial charge in [0.25, 0.3) is 0 Å². The Labute approximate surface area is 182 Å². The summed E-state index contributed by atoms with van der Waals surface area (Å²) in [6, 6.07) is 14.1. The second-order valence-electron chi connectivity index (χ2n) is 8.40. The van der Waals surface area contributed by atoms with Gasteiger partial charge in [-0.05, 0) is 30.7 Å². The van der Waals surface area contributed by atoms with Crippen molar-refractivity contribution in [3.05, 3.63) is 48.3 Å². The lowest BCUT2D eigenvalue weighted by Crippen LogP contribution is -2.25. The lowest BCUT2D eigenvalue weighted by Gasteiger charge is -2.22. The zero-order valence-electron chi connectivity index (χ0n) is 18.0. The van der Waals surface area contributed by atoms with E-state index in [1.54, 1.807) is 0 Å². The van der Waals surface area contributed by atoms with E-state index >= 15 is 0 Å². The fraction of sp³-hybridized carbons (Fsp3) is 0.440. The van der Waals surface area contributed by atoms with Crippen LogP contribution in [0.2, 0.25) is 0 Å². The predicted octanol–water partition coefficient (Wildman–Crippen LogP) is 4.91. The number of imidazole rings is 1. The van der Waals surface area contributed by atoms with Crippen molar-refractivity contribution in [1.82, 2.24) is 9.55 Å². The van der Waals surface area contributed by atoms with Gasteiger partial charge in [0.15, 0.2) is 11.5 Å². The first-order valence-electron chi connectivity index (χ1n) is 11.4. The van der Waals surface area contributed by atoms with Crippen molar-refractivity contribution in [2.24, 2.45) is 0 Å². The van der Waals surface area contributed by atoms with Crippen molar-refractivity contribution < 1.29 is 14.3 Å². The van der Waals surface area contributed by atoms with E-state index in [1.807, 2.05) is 29.2 Å². The number of rotatable bonds is 7. The van der Waals surface area contributed by atoms with Gasteiger partial charge < -0.3 is 18.9 Å². The molecule has 3 heterocycles. The number of carbonyl (C=O) groups is 1. The van der Waals surface area contributed by atoms with Crippen molar-refractivity contribution >= 4 is 22.6 Å². The quantitative estimate of drug-likeness (QED) is 0.511. The van der Waals surface area contributed by atoms with Gasteiger partial charge in [0, 0.05) is 37.2 Å². The van der Waals surface area contributed by atoms with E-state index < -0.39 is 0 Å². The first kappa shape index (κ1) is 19.9. The summed E-state index contributed by atoms with van der Waals surface area (Å²) in [6.07, 6.45) is 5.30. The van der Waals surface area contributed by atoms with Gasteiger partial charge in [0.2, 0.25) is 5.91 Å². The van der Waals surface area contributed by atoms with Crippen molar-refractivity contribution in [3.63, 3.8) is 0 Å². The van der Waals surface area contributed by atoms with E-state index in [0.717, 1.165) is 35.7 Å². The maximum Gasteiger partial charge on any atom is 0.227 e. The van der Waals surface area contributed by atoms with Gasteiger partial charge in [-0.25, -0.2) is 4.98 Å². The molecule has 162 valence electrons. The van der Waals surface area contributed by atoms with E-state index in [2.05, 4.69) is 29.7 Å². The summed E-state index contributed by atoms with van der Waals surface area (Å²) in [4.78, 5) is 19.8. The molecular weight excluding hydrogens is 390 g/mol. The third-order valence-corrected chi connectivity index (χ3v) is 6.25. The molecule has 1 amide bonds. The molecule has 0 aliphatic carbocycles. The summed E-state index contributed by atoms with van der Waals surface area (Å²) in [5.74, 6) is 2.70. The van der Waals surface area contributed by atoms with E-state index in [9.17, 15) is 4.79 Å². The number of benzene rings is 2. The molecule has 6 nitrogen and oxygen atoms in total. The van der Waals surface area contributed by atoms with Crippen LogP contribution < -0.4 is 14.4 Å². The number of amides is 1. The fourth-order valence-corrected chi connectivity index (χ4v) is 4.67. The molecule has 1 aromatic heterocycles. The minimum atomic E-state index is 0.0827. The van der Waals surface area contributed by atoms with Crippen LogP contribution in [-0.2, 0) is 11.3 Å². The molecule has 31 heavy (non-hydrogen) atoms. The Bertz CT molecular complexity index is 1090. The highest BCUT2D eigenvalue weighted by Crippen LogP contribution is 2.38. The van der Waals surface area contributed by atoms with Crippen LogP contribution in [0, 0.1) is 0 Å². The van der Waals surface area contributed by atoms with Crippen LogP contribution in [0.3, 0.4) is 0 Å². The monoisotopic (exact) mass is 419 g/mol. The molecule has 0 saturated carbocycles. The van der Waals surface area contributed by atoms with E-state index in [4.69, 9.17) is 14.5 Å². The van der Waals surface area contributed by atoms with Crippen molar-refractivity contribution in [1.29, 1.82) is 0 Å². The van der Waals surface area contributed by atoms with Crippen molar-refractivity contribution in [3.8, 4) is 11.5 Å². The van der Waals surface area contributed by atoms with Crippen LogP contribution in [0.25, 0.3) is 11.0 Å². The number of para-hydroxylation sites is 2. The zero-order chi connectivity index (χ0) is 21.2. The molecule has 2 aliphatic heterocycles. The van der Waals surface area contributed by atoms with Gasteiger partial charge in [-0.2, -0.15) is 0 Å². The smallest absolute Gasteiger partial charge is 0.227 e. The lowest BCUT2D eigenvalue weighted by atomic mass is 10.1. The Morgan fingerprint density at radius 1 is 1.03 bits per heavy atom. The lowest BCUT2D eigenvalue weighted by molar-refractivity contribution is -0.117. The van der Waals surface area contributed by atoms with Gasteiger partial charge in [0.05, 0.1) is 11.0 Å². The summed E-state index contributed by atoms with van der Waals surface area (Å²) in [5.41, 5.74) is 3.04. The summed E-state index contributed by atoms with van der Waals surface area (Å²) in [7, 11) is 0. The van der Waals surface area contributed by atoms with Gasteiger partial charge in [-0.3, -0.25) is 4.79 Å². The Hall–Kier alpha value is -3.02. The first-order chi connectivity index (χ1) is 15.2. The molecule has 1 atom stereocenters. The number of anilines is 1. The maximum absolute atomic E-state index is 13.0. The number of aromatic nitrogens is 2. The van der Waals surface area contributed by atoms with Gasteiger partial charge in [0.1, 0.15) is 19.0 Å². The van der Waals surface area contributed by atoms with Gasteiger partial charge in [-0.15, -0.1) is 0 Å². The van der Waals surface area contributed by atoms with Crippen LogP contribution in [0.15, 0.2) is 42.5 Å². The molecule has 2 aromatic carbocycles. The van der Waals surface area contributed by atoms with Crippen LogP contribution in [-0.4, -0.2) is 35.2 Å². The zero-order valence-corrected chi connectivity index (χ0v) is 18.0. The number of fused-ring (bicyclic) bond motifs is 2. The fourth-order valence-electron chi connectivity index (χ4n) is 4.67. The molecular formula is C25H29N3O3. The molecule has 5 rings (SSSR count). The standard InChI is InChI=1S/C25H29N3O3/c1-2-3-4-7-12-27-21-9-6-5-8-20(21)26-25(27)18-15-24(29)28(17-18)19-10-11-22-23(16-19)31-14-13-30-22/h5-6,8-11,16,18H,2-4,7,12-15,17H2,1H3. The molecule has 2 aliphatic rings. The molecule has 0 N–H and O–H groups in total. The van der Waals surface area contributed by atoms with Gasteiger partial charge in [-0.1, -0.05) is 38.3 Å². The highest BCUT2D eigenvalue weighted by Gasteiger charge is 2.35. The summed E-state index contributed by atoms with van der Waals surface area (Å²) >= 11 is 0. The Morgan fingerprint density at radius 3 is 2.74 bits per heavy atom. The van der Waals surface area contributed by atoms with Crippen molar-refractivity contribution in [2.75, 3.05) is 24.7 Å². The average molecular weight is 420 g/mol. The average Bonchev–Trinajstić information content (AvgIpc) is 3.37.